The van der Waals surface area contributed by atoms with Crippen LogP contribution in [0.3, 0.4) is 0 Å². The van der Waals surface area contributed by atoms with Crippen molar-refractivity contribution in [2.45, 2.75) is 18.9 Å². The fourth-order valence-corrected chi connectivity index (χ4v) is 2.89. The molecule has 3 rings (SSSR count). The molecule has 2 aliphatic heterocycles. The van der Waals surface area contributed by atoms with E-state index in [9.17, 15) is 18.8 Å². The van der Waals surface area contributed by atoms with Crippen LogP contribution in [0.25, 0.3) is 0 Å². The van der Waals surface area contributed by atoms with E-state index in [0.29, 0.717) is 12.0 Å². The van der Waals surface area contributed by atoms with Crippen molar-refractivity contribution in [2.24, 2.45) is 5.92 Å². The van der Waals surface area contributed by atoms with E-state index in [4.69, 9.17) is 4.74 Å². The SMILES string of the molecule is COc1cc(F)cc2c1C(=O)NC2C1CCC(=O)NC1=O. The molecule has 0 radical (unpaired) electrons. The van der Waals surface area contributed by atoms with Gasteiger partial charge in [0, 0.05) is 12.5 Å². The van der Waals surface area contributed by atoms with E-state index in [1.165, 1.54) is 13.2 Å². The number of hydrogen-bond donors (Lipinski definition) is 2. The van der Waals surface area contributed by atoms with Gasteiger partial charge in [-0.3, -0.25) is 19.7 Å². The molecule has 2 aliphatic rings. The Morgan fingerprint density at radius 2 is 2.05 bits per heavy atom. The van der Waals surface area contributed by atoms with Gasteiger partial charge in [-0.05, 0) is 18.1 Å². The van der Waals surface area contributed by atoms with Crippen LogP contribution in [0, 0.1) is 11.7 Å². The number of benzene rings is 1. The smallest absolute Gasteiger partial charge is 0.255 e. The van der Waals surface area contributed by atoms with Crippen molar-refractivity contribution in [2.75, 3.05) is 7.11 Å². The second kappa shape index (κ2) is 4.83. The lowest BCUT2D eigenvalue weighted by molar-refractivity contribution is -0.137. The Bertz CT molecular complexity index is 659. The zero-order valence-electron chi connectivity index (χ0n) is 11.2. The largest absolute Gasteiger partial charge is 0.496 e. The molecule has 3 amide bonds. The fraction of sp³-hybridized carbons (Fsp3) is 0.357. The number of fused-ring (bicyclic) bond motifs is 1. The summed E-state index contributed by atoms with van der Waals surface area (Å²) in [4.78, 5) is 35.2. The van der Waals surface area contributed by atoms with Gasteiger partial charge in [0.05, 0.1) is 24.6 Å². The number of hydrogen-bond acceptors (Lipinski definition) is 4. The molecule has 2 heterocycles. The first-order valence-electron chi connectivity index (χ1n) is 6.53. The number of imide groups is 1. The van der Waals surface area contributed by atoms with Gasteiger partial charge in [0.15, 0.2) is 0 Å². The number of methoxy groups -OCH3 is 1. The predicted molar refractivity (Wildman–Crippen MR) is 69.0 cm³/mol. The van der Waals surface area contributed by atoms with Crippen molar-refractivity contribution in [3.05, 3.63) is 29.1 Å². The molecule has 1 saturated heterocycles. The Balaban J connectivity index is 2.02. The van der Waals surface area contributed by atoms with Gasteiger partial charge in [-0.25, -0.2) is 4.39 Å². The van der Waals surface area contributed by atoms with E-state index in [-0.39, 0.29) is 23.6 Å². The number of ether oxygens (including phenoxy) is 1. The van der Waals surface area contributed by atoms with Gasteiger partial charge >= 0.3 is 0 Å². The first kappa shape index (κ1) is 13.5. The fourth-order valence-electron chi connectivity index (χ4n) is 2.89. The Labute approximate surface area is 119 Å². The third-order valence-electron chi connectivity index (χ3n) is 3.85. The molecule has 0 bridgehead atoms. The molecule has 6 nitrogen and oxygen atoms in total. The molecule has 1 aromatic carbocycles. The number of carbonyl (C=O) groups excluding carboxylic acids is 3. The Hall–Kier alpha value is -2.44. The molecule has 0 aliphatic carbocycles. The summed E-state index contributed by atoms with van der Waals surface area (Å²) in [5.41, 5.74) is 0.639. The zero-order valence-corrected chi connectivity index (χ0v) is 11.2. The van der Waals surface area contributed by atoms with Crippen LogP contribution in [0.5, 0.6) is 5.75 Å². The minimum Gasteiger partial charge on any atom is -0.496 e. The van der Waals surface area contributed by atoms with Gasteiger partial charge in [-0.2, -0.15) is 0 Å². The molecule has 0 saturated carbocycles. The molecule has 1 aromatic rings. The van der Waals surface area contributed by atoms with Crippen molar-refractivity contribution in [3.63, 3.8) is 0 Å². The molecule has 110 valence electrons. The number of carbonyl (C=O) groups is 3. The van der Waals surface area contributed by atoms with E-state index in [1.807, 2.05) is 0 Å². The van der Waals surface area contributed by atoms with E-state index in [0.717, 1.165) is 6.07 Å². The zero-order chi connectivity index (χ0) is 15.1. The van der Waals surface area contributed by atoms with Crippen LogP contribution in [0.1, 0.15) is 34.8 Å². The number of amides is 3. The first-order valence-corrected chi connectivity index (χ1v) is 6.53. The van der Waals surface area contributed by atoms with Crippen molar-refractivity contribution >= 4 is 17.7 Å². The Morgan fingerprint density at radius 3 is 2.71 bits per heavy atom. The number of halogens is 1. The highest BCUT2D eigenvalue weighted by molar-refractivity contribution is 6.04. The van der Waals surface area contributed by atoms with Gasteiger partial charge in [-0.1, -0.05) is 0 Å². The molecule has 0 aromatic heterocycles. The van der Waals surface area contributed by atoms with Gasteiger partial charge in [0.25, 0.3) is 5.91 Å². The normalized spacial score (nSPS) is 24.4. The molecular weight excluding hydrogens is 279 g/mol. The summed E-state index contributed by atoms with van der Waals surface area (Å²) in [5, 5.41) is 4.92. The van der Waals surface area contributed by atoms with Gasteiger partial charge in [0.2, 0.25) is 11.8 Å². The van der Waals surface area contributed by atoms with Crippen LogP contribution >= 0.6 is 0 Å². The summed E-state index contributed by atoms with van der Waals surface area (Å²) < 4.78 is 18.7. The molecular formula is C14H13FN2O4. The number of rotatable bonds is 2. The first-order chi connectivity index (χ1) is 10.0. The summed E-state index contributed by atoms with van der Waals surface area (Å²) in [6.07, 6.45) is 0.512. The topological polar surface area (TPSA) is 84.5 Å². The second-order valence-corrected chi connectivity index (χ2v) is 5.08. The molecule has 0 spiro atoms. The maximum atomic E-state index is 13.7. The van der Waals surface area contributed by atoms with Crippen molar-refractivity contribution in [1.29, 1.82) is 0 Å². The van der Waals surface area contributed by atoms with E-state index in [2.05, 4.69) is 10.6 Å². The number of nitrogens with one attached hydrogen (secondary N) is 2. The average Bonchev–Trinajstić information content (AvgIpc) is 2.75. The Morgan fingerprint density at radius 1 is 1.29 bits per heavy atom. The Kier molecular flexibility index (Phi) is 3.12. The molecule has 2 N–H and O–H groups in total. The number of piperidine rings is 1. The summed E-state index contributed by atoms with van der Waals surface area (Å²) >= 11 is 0. The van der Waals surface area contributed by atoms with Crippen molar-refractivity contribution in [1.82, 2.24) is 10.6 Å². The van der Waals surface area contributed by atoms with Crippen LogP contribution in [-0.4, -0.2) is 24.8 Å². The quantitative estimate of drug-likeness (QED) is 0.785. The lowest BCUT2D eigenvalue weighted by Gasteiger charge is -2.26. The lowest BCUT2D eigenvalue weighted by Crippen LogP contribution is -2.45. The van der Waals surface area contributed by atoms with Crippen LogP contribution in [0.2, 0.25) is 0 Å². The third-order valence-corrected chi connectivity index (χ3v) is 3.85. The third kappa shape index (κ3) is 2.14. The van der Waals surface area contributed by atoms with E-state index >= 15 is 0 Å². The van der Waals surface area contributed by atoms with E-state index in [1.54, 1.807) is 0 Å². The van der Waals surface area contributed by atoms with Crippen LogP contribution < -0.4 is 15.4 Å². The summed E-state index contributed by atoms with van der Waals surface area (Å²) in [5.74, 6) is -2.20. The summed E-state index contributed by atoms with van der Waals surface area (Å²) in [6, 6.07) is 1.71. The van der Waals surface area contributed by atoms with Crippen LogP contribution in [-0.2, 0) is 9.59 Å². The minimum atomic E-state index is -0.648. The van der Waals surface area contributed by atoms with Crippen LogP contribution in [0.15, 0.2) is 12.1 Å². The monoisotopic (exact) mass is 292 g/mol. The highest BCUT2D eigenvalue weighted by atomic mass is 19.1. The molecule has 7 heteroatoms. The van der Waals surface area contributed by atoms with Gasteiger partial charge < -0.3 is 10.1 Å². The highest BCUT2D eigenvalue weighted by Gasteiger charge is 2.42. The molecule has 21 heavy (non-hydrogen) atoms. The molecule has 2 atom stereocenters. The maximum absolute atomic E-state index is 13.7. The van der Waals surface area contributed by atoms with Crippen molar-refractivity contribution in [3.8, 4) is 5.75 Å². The van der Waals surface area contributed by atoms with Gasteiger partial charge in [0.1, 0.15) is 11.6 Å². The highest BCUT2D eigenvalue weighted by Crippen LogP contribution is 2.39. The minimum absolute atomic E-state index is 0.136. The van der Waals surface area contributed by atoms with E-state index < -0.39 is 29.6 Å². The van der Waals surface area contributed by atoms with Crippen LogP contribution in [0.4, 0.5) is 4.39 Å². The average molecular weight is 292 g/mol. The predicted octanol–water partition coefficient (Wildman–Crippen LogP) is 0.672. The maximum Gasteiger partial charge on any atom is 0.255 e. The molecule has 2 unspecified atom stereocenters. The second-order valence-electron chi connectivity index (χ2n) is 5.08. The summed E-state index contributed by atoms with van der Waals surface area (Å²) in [6.45, 7) is 0. The standard InChI is InChI=1S/C14H13FN2O4/c1-21-9-5-6(15)4-8-11(9)14(20)17-12(8)7-2-3-10(18)16-13(7)19/h4-5,7,12H,2-3H2,1H3,(H,17,20)(H,16,18,19). The summed E-state index contributed by atoms with van der Waals surface area (Å²) in [7, 11) is 1.35. The van der Waals surface area contributed by atoms with Gasteiger partial charge in [-0.15, -0.1) is 0 Å². The molecule has 1 fully saturated rings. The van der Waals surface area contributed by atoms with Crippen molar-refractivity contribution < 1.29 is 23.5 Å². The lowest BCUT2D eigenvalue weighted by atomic mass is 9.86.